The Morgan fingerprint density at radius 2 is 1.91 bits per heavy atom. The summed E-state index contributed by atoms with van der Waals surface area (Å²) in [5.74, 6) is -0.504. The number of unbranched alkanes of at least 4 members (excludes halogenated alkanes) is 1. The first-order chi connectivity index (χ1) is 10.3. The summed E-state index contributed by atoms with van der Waals surface area (Å²) in [7, 11) is -3.65. The number of hydrogen-bond acceptors (Lipinski definition) is 5. The quantitative estimate of drug-likeness (QED) is 0.569. The predicted octanol–water partition coefficient (Wildman–Crippen LogP) is 3.02. The Morgan fingerprint density at radius 3 is 2.50 bits per heavy atom. The molecule has 1 aromatic carbocycles. The number of hydrogen-bond donors (Lipinski definition) is 0. The van der Waals surface area contributed by atoms with Crippen LogP contribution < -0.4 is 0 Å². The van der Waals surface area contributed by atoms with Crippen LogP contribution in [0.15, 0.2) is 29.2 Å². The summed E-state index contributed by atoms with van der Waals surface area (Å²) >= 11 is 0. The normalized spacial score (nSPS) is 21.1. The van der Waals surface area contributed by atoms with Crippen LogP contribution in [0.25, 0.3) is 0 Å². The second-order valence-electron chi connectivity index (χ2n) is 6.04. The third-order valence-electron chi connectivity index (χ3n) is 3.54. The van der Waals surface area contributed by atoms with Crippen LogP contribution in [0.3, 0.4) is 0 Å². The molecule has 0 amide bonds. The van der Waals surface area contributed by atoms with Crippen molar-refractivity contribution in [1.82, 2.24) is 0 Å². The fraction of sp³-hybridized carbons (Fsp3) is 0.625. The zero-order chi connectivity index (χ0) is 16.2. The molecule has 124 valence electrons. The second kappa shape index (κ2) is 7.08. The van der Waals surface area contributed by atoms with Gasteiger partial charge in [0.25, 0.3) is 10.1 Å². The van der Waals surface area contributed by atoms with Crippen molar-refractivity contribution in [2.45, 2.75) is 56.8 Å². The molecule has 2 rings (SSSR count). The van der Waals surface area contributed by atoms with Crippen molar-refractivity contribution < 1.29 is 22.1 Å². The molecule has 1 atom stereocenters. The zero-order valence-electron chi connectivity index (χ0n) is 13.4. The van der Waals surface area contributed by atoms with Gasteiger partial charge >= 0.3 is 0 Å². The van der Waals surface area contributed by atoms with Crippen molar-refractivity contribution in [3.63, 3.8) is 0 Å². The lowest BCUT2D eigenvalue weighted by atomic mass is 10.2. The third kappa shape index (κ3) is 5.05. The highest BCUT2D eigenvalue weighted by Crippen LogP contribution is 2.25. The smallest absolute Gasteiger partial charge is 0.296 e. The molecule has 1 fully saturated rings. The largest absolute Gasteiger partial charge is 0.348 e. The molecule has 1 unspecified atom stereocenters. The van der Waals surface area contributed by atoms with E-state index in [1.807, 2.05) is 20.8 Å². The lowest BCUT2D eigenvalue weighted by molar-refractivity contribution is -0.139. The van der Waals surface area contributed by atoms with Gasteiger partial charge in [0, 0.05) is 0 Å². The van der Waals surface area contributed by atoms with E-state index in [9.17, 15) is 8.42 Å². The first-order valence-corrected chi connectivity index (χ1v) is 8.97. The maximum Gasteiger partial charge on any atom is 0.296 e. The van der Waals surface area contributed by atoms with Crippen LogP contribution >= 0.6 is 0 Å². The van der Waals surface area contributed by atoms with Crippen molar-refractivity contribution in [2.75, 3.05) is 13.2 Å². The topological polar surface area (TPSA) is 61.8 Å². The Morgan fingerprint density at radius 1 is 1.23 bits per heavy atom. The number of ether oxygens (including phenoxy) is 2. The Bertz CT molecular complexity index is 577. The van der Waals surface area contributed by atoms with Crippen molar-refractivity contribution in [3.8, 4) is 0 Å². The maximum absolute atomic E-state index is 12.0. The minimum absolute atomic E-state index is 0.0868. The molecule has 5 nitrogen and oxygen atoms in total. The molecule has 1 saturated heterocycles. The van der Waals surface area contributed by atoms with Gasteiger partial charge in [0.1, 0.15) is 0 Å². The fourth-order valence-corrected chi connectivity index (χ4v) is 3.26. The highest BCUT2D eigenvalue weighted by Gasteiger charge is 2.31. The number of benzene rings is 1. The van der Waals surface area contributed by atoms with E-state index < -0.39 is 15.9 Å². The van der Waals surface area contributed by atoms with Gasteiger partial charge < -0.3 is 9.47 Å². The summed E-state index contributed by atoms with van der Waals surface area (Å²) in [6.07, 6.45) is 2.44. The van der Waals surface area contributed by atoms with E-state index in [1.54, 1.807) is 24.3 Å². The third-order valence-corrected chi connectivity index (χ3v) is 4.86. The molecule has 1 aliphatic rings. The molecule has 0 aromatic heterocycles. The first kappa shape index (κ1) is 17.4. The summed E-state index contributed by atoms with van der Waals surface area (Å²) < 4.78 is 40.2. The average Bonchev–Trinajstić information content (AvgIpc) is 2.78. The summed E-state index contributed by atoms with van der Waals surface area (Å²) in [6, 6.07) is 6.65. The Kier molecular flexibility index (Phi) is 5.60. The molecule has 22 heavy (non-hydrogen) atoms. The first-order valence-electron chi connectivity index (χ1n) is 7.56. The molecule has 0 radical (unpaired) electrons. The Balaban J connectivity index is 1.69. The lowest BCUT2D eigenvalue weighted by Crippen LogP contribution is -2.21. The highest BCUT2D eigenvalue weighted by molar-refractivity contribution is 7.86. The Labute approximate surface area is 132 Å². The molecular weight excluding hydrogens is 304 g/mol. The van der Waals surface area contributed by atoms with Gasteiger partial charge in [0.2, 0.25) is 0 Å². The molecule has 0 N–H and O–H groups in total. The minimum atomic E-state index is -3.65. The minimum Gasteiger partial charge on any atom is -0.348 e. The van der Waals surface area contributed by atoms with E-state index in [0.29, 0.717) is 13.0 Å². The van der Waals surface area contributed by atoms with Gasteiger partial charge in [-0.15, -0.1) is 0 Å². The molecule has 6 heteroatoms. The molecule has 1 aromatic rings. The lowest BCUT2D eigenvalue weighted by Gasteiger charge is -2.16. The molecular formula is C16H24O5S. The van der Waals surface area contributed by atoms with Crippen LogP contribution in [0.5, 0.6) is 0 Å². The van der Waals surface area contributed by atoms with Gasteiger partial charge in [0.15, 0.2) is 5.79 Å². The van der Waals surface area contributed by atoms with Crippen molar-refractivity contribution in [3.05, 3.63) is 29.8 Å². The summed E-state index contributed by atoms with van der Waals surface area (Å²) in [5, 5.41) is 0. The van der Waals surface area contributed by atoms with E-state index in [1.165, 1.54) is 0 Å². The van der Waals surface area contributed by atoms with E-state index in [-0.39, 0.29) is 17.6 Å². The zero-order valence-corrected chi connectivity index (χ0v) is 14.2. The SMILES string of the molecule is Cc1ccc(S(=O)(=O)OCCCCC2COC(C)(C)O2)cc1. The molecule has 0 bridgehead atoms. The van der Waals surface area contributed by atoms with Gasteiger partial charge in [-0.05, 0) is 52.2 Å². The summed E-state index contributed by atoms with van der Waals surface area (Å²) in [4.78, 5) is 0.201. The van der Waals surface area contributed by atoms with Gasteiger partial charge in [0.05, 0.1) is 24.2 Å². The maximum atomic E-state index is 12.0. The molecule has 1 aliphatic heterocycles. The van der Waals surface area contributed by atoms with E-state index in [0.717, 1.165) is 18.4 Å². The number of aryl methyl sites for hydroxylation is 1. The number of rotatable bonds is 7. The van der Waals surface area contributed by atoms with Gasteiger partial charge in [-0.2, -0.15) is 8.42 Å². The van der Waals surface area contributed by atoms with Crippen LogP contribution in [0, 0.1) is 6.92 Å². The molecule has 0 saturated carbocycles. The Hall–Kier alpha value is -0.950. The van der Waals surface area contributed by atoms with E-state index >= 15 is 0 Å². The monoisotopic (exact) mass is 328 g/mol. The average molecular weight is 328 g/mol. The predicted molar refractivity (Wildman–Crippen MR) is 83.1 cm³/mol. The molecule has 0 aliphatic carbocycles. The van der Waals surface area contributed by atoms with E-state index in [2.05, 4.69) is 0 Å². The standard InChI is InChI=1S/C16H24O5S/c1-13-7-9-15(10-8-13)22(17,18)20-11-5-4-6-14-12-19-16(2,3)21-14/h7-10,14H,4-6,11-12H2,1-3H3. The highest BCUT2D eigenvalue weighted by atomic mass is 32.2. The van der Waals surface area contributed by atoms with Crippen LogP contribution in [-0.4, -0.2) is 33.5 Å². The second-order valence-corrected chi connectivity index (χ2v) is 7.65. The van der Waals surface area contributed by atoms with Crippen LogP contribution in [0.2, 0.25) is 0 Å². The summed E-state index contributed by atoms with van der Waals surface area (Å²) in [5.41, 5.74) is 1.01. The molecule has 0 spiro atoms. The fourth-order valence-electron chi connectivity index (χ4n) is 2.32. The van der Waals surface area contributed by atoms with E-state index in [4.69, 9.17) is 13.7 Å². The summed E-state index contributed by atoms with van der Waals surface area (Å²) in [6.45, 7) is 6.48. The van der Waals surface area contributed by atoms with Crippen LogP contribution in [-0.2, 0) is 23.8 Å². The van der Waals surface area contributed by atoms with Crippen molar-refractivity contribution >= 4 is 10.1 Å². The molecule has 1 heterocycles. The van der Waals surface area contributed by atoms with Crippen molar-refractivity contribution in [2.24, 2.45) is 0 Å². The van der Waals surface area contributed by atoms with Gasteiger partial charge in [-0.1, -0.05) is 17.7 Å². The van der Waals surface area contributed by atoms with Crippen LogP contribution in [0.4, 0.5) is 0 Å². The van der Waals surface area contributed by atoms with Gasteiger partial charge in [-0.3, -0.25) is 4.18 Å². The van der Waals surface area contributed by atoms with Crippen LogP contribution in [0.1, 0.15) is 38.7 Å². The van der Waals surface area contributed by atoms with Crippen molar-refractivity contribution in [1.29, 1.82) is 0 Å². The van der Waals surface area contributed by atoms with Gasteiger partial charge in [-0.25, -0.2) is 0 Å².